The van der Waals surface area contributed by atoms with E-state index in [1.807, 2.05) is 12.3 Å². The van der Waals surface area contributed by atoms with Gasteiger partial charge >= 0.3 is 0 Å². The molecule has 1 aliphatic heterocycles. The van der Waals surface area contributed by atoms with Gasteiger partial charge in [-0.05, 0) is 30.2 Å². The average molecular weight is 322 g/mol. The molecule has 0 aromatic heterocycles. The highest BCUT2D eigenvalue weighted by molar-refractivity contribution is 5.89. The third-order valence-electron chi connectivity index (χ3n) is 4.30. The van der Waals surface area contributed by atoms with Crippen molar-refractivity contribution in [1.29, 1.82) is 0 Å². The van der Waals surface area contributed by atoms with Crippen molar-refractivity contribution in [2.24, 2.45) is 4.99 Å². The number of ether oxygens (including phenoxy) is 1. The number of para-hydroxylation sites is 1. The predicted molar refractivity (Wildman–Crippen MR) is 101 cm³/mol. The smallest absolute Gasteiger partial charge is 0.119 e. The van der Waals surface area contributed by atoms with Crippen LogP contribution in [0.15, 0.2) is 53.5 Å². The largest absolute Gasteiger partial charge is 0.494 e. The fourth-order valence-corrected chi connectivity index (χ4v) is 3.01. The molecule has 0 atom stereocenters. The molecule has 1 aliphatic rings. The van der Waals surface area contributed by atoms with E-state index in [4.69, 9.17) is 4.74 Å². The molecule has 0 N–H and O–H groups in total. The SMILES string of the molecule is CCCCCCOc1cccc(CN2CN=Cc3ccccc32)c1. The van der Waals surface area contributed by atoms with Crippen LogP contribution in [0.3, 0.4) is 0 Å². The van der Waals surface area contributed by atoms with Crippen LogP contribution in [0.1, 0.15) is 43.7 Å². The fraction of sp³-hybridized carbons (Fsp3) is 0.381. The number of benzene rings is 2. The Kier molecular flexibility index (Phi) is 5.89. The molecule has 0 amide bonds. The van der Waals surface area contributed by atoms with Gasteiger partial charge in [0.25, 0.3) is 0 Å². The van der Waals surface area contributed by atoms with Crippen molar-refractivity contribution in [2.45, 2.75) is 39.2 Å². The number of hydrogen-bond acceptors (Lipinski definition) is 3. The van der Waals surface area contributed by atoms with Crippen molar-refractivity contribution in [3.05, 3.63) is 59.7 Å². The molecule has 2 aromatic rings. The third kappa shape index (κ3) is 4.38. The van der Waals surface area contributed by atoms with Crippen LogP contribution in [0, 0.1) is 0 Å². The number of rotatable bonds is 8. The second-order valence-electron chi connectivity index (χ2n) is 6.27. The van der Waals surface area contributed by atoms with Gasteiger partial charge in [-0.25, -0.2) is 0 Å². The maximum Gasteiger partial charge on any atom is 0.119 e. The van der Waals surface area contributed by atoms with Crippen molar-refractivity contribution in [3.63, 3.8) is 0 Å². The van der Waals surface area contributed by atoms with E-state index in [9.17, 15) is 0 Å². The van der Waals surface area contributed by atoms with E-state index in [1.165, 1.54) is 36.1 Å². The van der Waals surface area contributed by atoms with E-state index in [-0.39, 0.29) is 0 Å². The molecule has 2 aromatic carbocycles. The van der Waals surface area contributed by atoms with Gasteiger partial charge in [-0.2, -0.15) is 0 Å². The highest BCUT2D eigenvalue weighted by atomic mass is 16.5. The Labute approximate surface area is 145 Å². The summed E-state index contributed by atoms with van der Waals surface area (Å²) in [5, 5.41) is 0. The minimum absolute atomic E-state index is 0.707. The van der Waals surface area contributed by atoms with Crippen molar-refractivity contribution in [1.82, 2.24) is 0 Å². The molecule has 0 fully saturated rings. The highest BCUT2D eigenvalue weighted by Gasteiger charge is 2.13. The first kappa shape index (κ1) is 16.6. The van der Waals surface area contributed by atoms with Gasteiger partial charge in [0.1, 0.15) is 12.4 Å². The van der Waals surface area contributed by atoms with Crippen LogP contribution in [0.2, 0.25) is 0 Å². The minimum atomic E-state index is 0.707. The summed E-state index contributed by atoms with van der Waals surface area (Å²) in [6.45, 7) is 4.59. The number of nitrogens with zero attached hydrogens (tertiary/aromatic N) is 2. The third-order valence-corrected chi connectivity index (χ3v) is 4.30. The summed E-state index contributed by atoms with van der Waals surface area (Å²) < 4.78 is 5.90. The number of aliphatic imine (C=N–C) groups is 1. The van der Waals surface area contributed by atoms with E-state index < -0.39 is 0 Å². The zero-order valence-corrected chi connectivity index (χ0v) is 14.4. The first-order valence-corrected chi connectivity index (χ1v) is 8.92. The number of hydrogen-bond donors (Lipinski definition) is 0. The van der Waals surface area contributed by atoms with Gasteiger partial charge in [-0.1, -0.05) is 56.5 Å². The second kappa shape index (κ2) is 8.53. The standard InChI is InChI=1S/C21H26N2O/c1-2-3-4-7-13-24-20-11-8-9-18(14-20)16-23-17-22-15-19-10-5-6-12-21(19)23/h5-6,8-12,14-15H,2-4,7,13,16-17H2,1H3. The summed E-state index contributed by atoms with van der Waals surface area (Å²) in [5.74, 6) is 0.970. The summed E-state index contributed by atoms with van der Waals surface area (Å²) in [7, 11) is 0. The van der Waals surface area contributed by atoms with E-state index in [2.05, 4.69) is 59.3 Å². The summed E-state index contributed by atoms with van der Waals surface area (Å²) in [6, 6.07) is 16.9. The van der Waals surface area contributed by atoms with Crippen LogP contribution in [0.4, 0.5) is 5.69 Å². The molecule has 0 aliphatic carbocycles. The van der Waals surface area contributed by atoms with Gasteiger partial charge in [0, 0.05) is 24.0 Å². The van der Waals surface area contributed by atoms with E-state index >= 15 is 0 Å². The molecule has 0 saturated heterocycles. The van der Waals surface area contributed by atoms with Gasteiger partial charge in [0.15, 0.2) is 0 Å². The van der Waals surface area contributed by atoms with Gasteiger partial charge in [-0.15, -0.1) is 0 Å². The van der Waals surface area contributed by atoms with Crippen molar-refractivity contribution in [2.75, 3.05) is 18.2 Å². The summed E-state index contributed by atoms with van der Waals surface area (Å²) in [4.78, 5) is 6.77. The lowest BCUT2D eigenvalue weighted by molar-refractivity contribution is 0.305. The lowest BCUT2D eigenvalue weighted by Gasteiger charge is -2.27. The molecule has 0 unspecified atom stereocenters. The summed E-state index contributed by atoms with van der Waals surface area (Å²) >= 11 is 0. The van der Waals surface area contributed by atoms with Crippen LogP contribution in [0.25, 0.3) is 0 Å². The maximum atomic E-state index is 5.90. The molecule has 126 valence electrons. The second-order valence-corrected chi connectivity index (χ2v) is 6.27. The zero-order chi connectivity index (χ0) is 16.6. The monoisotopic (exact) mass is 322 g/mol. The summed E-state index contributed by atoms with van der Waals surface area (Å²) in [6.07, 6.45) is 6.89. The number of unbranched alkanes of at least 4 members (excludes halogenated alkanes) is 3. The molecule has 24 heavy (non-hydrogen) atoms. The molecule has 1 heterocycles. The Balaban J connectivity index is 1.60. The molecule has 3 rings (SSSR count). The van der Waals surface area contributed by atoms with Gasteiger partial charge in [-0.3, -0.25) is 4.99 Å². The average Bonchev–Trinajstić information content (AvgIpc) is 2.62. The van der Waals surface area contributed by atoms with Crippen LogP contribution in [-0.4, -0.2) is 19.5 Å². The van der Waals surface area contributed by atoms with Gasteiger partial charge in [0.05, 0.1) is 6.61 Å². The first-order chi connectivity index (χ1) is 11.9. The Morgan fingerprint density at radius 1 is 1.04 bits per heavy atom. The van der Waals surface area contributed by atoms with Crippen molar-refractivity contribution in [3.8, 4) is 5.75 Å². The topological polar surface area (TPSA) is 24.8 Å². The van der Waals surface area contributed by atoms with Gasteiger partial charge in [0.2, 0.25) is 0 Å². The van der Waals surface area contributed by atoms with E-state index in [1.54, 1.807) is 0 Å². The minimum Gasteiger partial charge on any atom is -0.494 e. The van der Waals surface area contributed by atoms with Crippen molar-refractivity contribution >= 4 is 11.9 Å². The molecular formula is C21H26N2O. The molecule has 0 radical (unpaired) electrons. The highest BCUT2D eigenvalue weighted by Crippen LogP contribution is 2.25. The van der Waals surface area contributed by atoms with E-state index in [0.717, 1.165) is 25.3 Å². The molecule has 0 saturated carbocycles. The predicted octanol–water partition coefficient (Wildman–Crippen LogP) is 5.04. The Morgan fingerprint density at radius 2 is 1.96 bits per heavy atom. The molecule has 0 spiro atoms. The van der Waals surface area contributed by atoms with Gasteiger partial charge < -0.3 is 9.64 Å². The van der Waals surface area contributed by atoms with Crippen LogP contribution in [0.5, 0.6) is 5.75 Å². The Bertz CT molecular complexity index is 681. The first-order valence-electron chi connectivity index (χ1n) is 8.92. The molecule has 3 heteroatoms. The zero-order valence-electron chi connectivity index (χ0n) is 14.4. The van der Waals surface area contributed by atoms with E-state index in [0.29, 0.717) is 6.67 Å². The fourth-order valence-electron chi connectivity index (χ4n) is 3.01. The van der Waals surface area contributed by atoms with Crippen LogP contribution in [-0.2, 0) is 6.54 Å². The quantitative estimate of drug-likeness (QED) is 0.636. The maximum absolute atomic E-state index is 5.90. The lowest BCUT2D eigenvalue weighted by Crippen LogP contribution is -2.26. The van der Waals surface area contributed by atoms with Crippen LogP contribution >= 0.6 is 0 Å². The molecular weight excluding hydrogens is 296 g/mol. The van der Waals surface area contributed by atoms with Crippen molar-refractivity contribution < 1.29 is 4.74 Å². The molecule has 3 nitrogen and oxygen atoms in total. The number of fused-ring (bicyclic) bond motifs is 1. The summed E-state index contributed by atoms with van der Waals surface area (Å²) in [5.41, 5.74) is 3.69. The van der Waals surface area contributed by atoms with Crippen LogP contribution < -0.4 is 9.64 Å². The number of anilines is 1. The lowest BCUT2D eigenvalue weighted by atomic mass is 10.1. The molecule has 0 bridgehead atoms. The Morgan fingerprint density at radius 3 is 2.88 bits per heavy atom. The Hall–Kier alpha value is -2.29. The normalized spacial score (nSPS) is 13.0.